The molecule has 2 aromatic rings. The molecule has 4 nitrogen and oxygen atoms in total. The van der Waals surface area contributed by atoms with Crippen LogP contribution in [-0.4, -0.2) is 29.0 Å². The first-order valence-electron chi connectivity index (χ1n) is 9.78. The topological polar surface area (TPSA) is 40.6 Å². The van der Waals surface area contributed by atoms with Gasteiger partial charge in [0.25, 0.3) is 5.91 Å². The number of hydrogen-bond acceptors (Lipinski definition) is 3. The Morgan fingerprint density at radius 2 is 1.79 bits per heavy atom. The van der Waals surface area contributed by atoms with E-state index >= 15 is 0 Å². The van der Waals surface area contributed by atoms with Crippen molar-refractivity contribution in [3.8, 4) is 0 Å². The molecule has 0 aromatic heterocycles. The van der Waals surface area contributed by atoms with Crippen molar-refractivity contribution < 1.29 is 9.59 Å². The number of anilines is 1. The van der Waals surface area contributed by atoms with E-state index in [1.807, 2.05) is 42.7 Å². The highest BCUT2D eigenvalue weighted by Crippen LogP contribution is 2.54. The molecule has 1 atom stereocenters. The summed E-state index contributed by atoms with van der Waals surface area (Å²) in [5.41, 5.74) is 5.28. The maximum Gasteiger partial charge on any atom is 0.268 e. The lowest BCUT2D eigenvalue weighted by Gasteiger charge is -2.34. The van der Waals surface area contributed by atoms with Gasteiger partial charge in [-0.1, -0.05) is 61.4 Å². The molecule has 1 saturated heterocycles. The number of nitrogens with zero attached hydrogens (tertiary/aromatic N) is 2. The van der Waals surface area contributed by atoms with E-state index in [0.717, 1.165) is 28.1 Å². The molecule has 28 heavy (non-hydrogen) atoms. The number of amides is 2. The largest absolute Gasteiger partial charge is 0.315 e. The number of fused-ring (bicyclic) bond motifs is 2. The summed E-state index contributed by atoms with van der Waals surface area (Å²) in [5.74, 6) is 0.687. The molecule has 0 N–H and O–H groups in total. The van der Waals surface area contributed by atoms with Gasteiger partial charge in [0.05, 0.1) is 12.2 Å². The molecule has 0 bridgehead atoms. The third kappa shape index (κ3) is 2.84. The highest BCUT2D eigenvalue weighted by molar-refractivity contribution is 8.01. The summed E-state index contributed by atoms with van der Waals surface area (Å²) in [5, 5.41) is 0. The van der Waals surface area contributed by atoms with Crippen LogP contribution in [0.4, 0.5) is 5.69 Å². The second-order valence-electron chi connectivity index (χ2n) is 8.03. The van der Waals surface area contributed by atoms with Crippen LogP contribution >= 0.6 is 11.8 Å². The molecule has 1 fully saturated rings. The van der Waals surface area contributed by atoms with Crippen LogP contribution in [0.2, 0.25) is 0 Å². The van der Waals surface area contributed by atoms with E-state index in [1.54, 1.807) is 11.8 Å². The summed E-state index contributed by atoms with van der Waals surface area (Å²) in [4.78, 5) is 29.6. The maximum absolute atomic E-state index is 13.8. The monoisotopic (exact) mass is 394 g/mol. The summed E-state index contributed by atoms with van der Waals surface area (Å²) in [6.07, 6.45) is 0. The first-order chi connectivity index (χ1) is 13.3. The molecule has 4 rings (SSSR count). The van der Waals surface area contributed by atoms with Gasteiger partial charge >= 0.3 is 0 Å². The van der Waals surface area contributed by atoms with Gasteiger partial charge in [0, 0.05) is 23.8 Å². The van der Waals surface area contributed by atoms with E-state index in [4.69, 9.17) is 0 Å². The predicted octanol–water partition coefficient (Wildman–Crippen LogP) is 4.23. The number of aryl methyl sites for hydroxylation is 2. The Kier molecular flexibility index (Phi) is 4.74. The minimum atomic E-state index is -0.923. The van der Waals surface area contributed by atoms with Gasteiger partial charge in [-0.2, -0.15) is 0 Å². The molecular formula is C23H26N2O2S. The van der Waals surface area contributed by atoms with Crippen molar-refractivity contribution in [1.82, 2.24) is 4.90 Å². The van der Waals surface area contributed by atoms with Crippen molar-refractivity contribution in [1.29, 1.82) is 0 Å². The Bertz CT molecular complexity index is 938. The molecule has 2 aliphatic heterocycles. The van der Waals surface area contributed by atoms with Crippen LogP contribution < -0.4 is 4.90 Å². The molecule has 5 heteroatoms. The van der Waals surface area contributed by atoms with E-state index in [0.29, 0.717) is 13.1 Å². The average molecular weight is 395 g/mol. The summed E-state index contributed by atoms with van der Waals surface area (Å²) >= 11 is 1.60. The highest BCUT2D eigenvalue weighted by Gasteiger charge is 2.59. The first-order valence-corrected chi connectivity index (χ1v) is 10.8. The summed E-state index contributed by atoms with van der Waals surface area (Å²) in [7, 11) is 0. The van der Waals surface area contributed by atoms with Crippen LogP contribution in [0, 0.1) is 19.8 Å². The van der Waals surface area contributed by atoms with E-state index < -0.39 is 4.87 Å². The van der Waals surface area contributed by atoms with E-state index in [1.165, 1.54) is 5.56 Å². The maximum atomic E-state index is 13.8. The van der Waals surface area contributed by atoms with Crippen LogP contribution in [0.1, 0.15) is 36.1 Å². The average Bonchev–Trinajstić information content (AvgIpc) is 3.20. The van der Waals surface area contributed by atoms with Crippen molar-refractivity contribution in [2.75, 3.05) is 17.2 Å². The lowest BCUT2D eigenvalue weighted by molar-refractivity contribution is -0.142. The molecule has 1 spiro atoms. The molecule has 2 aromatic carbocycles. The van der Waals surface area contributed by atoms with Gasteiger partial charge in [0.2, 0.25) is 5.91 Å². The van der Waals surface area contributed by atoms with Crippen molar-refractivity contribution in [2.45, 2.75) is 39.1 Å². The fraction of sp³-hybridized carbons (Fsp3) is 0.391. The van der Waals surface area contributed by atoms with Crippen LogP contribution in [-0.2, 0) is 21.0 Å². The van der Waals surface area contributed by atoms with Crippen molar-refractivity contribution in [2.24, 2.45) is 5.92 Å². The number of benzene rings is 2. The second kappa shape index (κ2) is 6.96. The number of hydrogen-bond donors (Lipinski definition) is 0. The van der Waals surface area contributed by atoms with Crippen LogP contribution in [0.3, 0.4) is 0 Å². The Balaban J connectivity index is 1.81. The third-order valence-corrected chi connectivity index (χ3v) is 6.99. The fourth-order valence-electron chi connectivity index (χ4n) is 4.09. The van der Waals surface area contributed by atoms with Crippen LogP contribution in [0.5, 0.6) is 0 Å². The van der Waals surface area contributed by atoms with Crippen molar-refractivity contribution in [3.63, 3.8) is 0 Å². The quantitative estimate of drug-likeness (QED) is 0.782. The number of rotatable bonds is 3. The molecule has 2 aliphatic rings. The van der Waals surface area contributed by atoms with Crippen LogP contribution in [0.25, 0.3) is 0 Å². The molecule has 2 amide bonds. The van der Waals surface area contributed by atoms with Crippen LogP contribution in [0.15, 0.2) is 42.5 Å². The van der Waals surface area contributed by atoms with Gasteiger partial charge in [-0.3, -0.25) is 9.59 Å². The second-order valence-corrected chi connectivity index (χ2v) is 9.32. The minimum Gasteiger partial charge on any atom is -0.315 e. The van der Waals surface area contributed by atoms with Gasteiger partial charge in [0.1, 0.15) is 0 Å². The first kappa shape index (κ1) is 19.1. The van der Waals surface area contributed by atoms with E-state index in [-0.39, 0.29) is 17.7 Å². The summed E-state index contributed by atoms with van der Waals surface area (Å²) in [6.45, 7) is 9.03. The Hall–Kier alpha value is -2.27. The van der Waals surface area contributed by atoms with E-state index in [9.17, 15) is 9.59 Å². The molecule has 0 radical (unpaired) electrons. The SMILES string of the molecule is Cc1ccc(CN2C(=O)C3(SCCN3C(=O)C(C)C)c3cc(C)ccc32)cc1. The molecule has 1 unspecified atom stereocenters. The van der Waals surface area contributed by atoms with E-state index in [2.05, 4.69) is 37.3 Å². The molecule has 146 valence electrons. The van der Waals surface area contributed by atoms with Gasteiger partial charge in [-0.15, -0.1) is 11.8 Å². The molecule has 0 saturated carbocycles. The Labute approximate surface area is 170 Å². The Morgan fingerprint density at radius 1 is 1.11 bits per heavy atom. The molecule has 0 aliphatic carbocycles. The highest BCUT2D eigenvalue weighted by atomic mass is 32.2. The van der Waals surface area contributed by atoms with Crippen molar-refractivity contribution >= 4 is 29.3 Å². The zero-order valence-corrected chi connectivity index (χ0v) is 17.7. The van der Waals surface area contributed by atoms with Gasteiger partial charge in [-0.25, -0.2) is 0 Å². The normalized spacial score (nSPS) is 21.1. The smallest absolute Gasteiger partial charge is 0.268 e. The molecule has 2 heterocycles. The number of thioether (sulfide) groups is 1. The predicted molar refractivity (Wildman–Crippen MR) is 114 cm³/mol. The summed E-state index contributed by atoms with van der Waals surface area (Å²) < 4.78 is 0. The lowest BCUT2D eigenvalue weighted by Crippen LogP contribution is -2.51. The third-order valence-electron chi connectivity index (χ3n) is 5.57. The minimum absolute atomic E-state index is 0.00479. The fourth-order valence-corrected chi connectivity index (χ4v) is 5.55. The number of carbonyl (C=O) groups excluding carboxylic acids is 2. The standard InChI is InChI=1S/C23H26N2O2S/c1-15(2)21(26)25-11-12-28-23(25)19-13-17(4)7-10-20(19)24(22(23)27)14-18-8-5-16(3)6-9-18/h5-10,13,15H,11-12,14H2,1-4H3. The molecular weight excluding hydrogens is 368 g/mol. The van der Waals surface area contributed by atoms with Gasteiger partial charge in [-0.05, 0) is 25.5 Å². The van der Waals surface area contributed by atoms with Gasteiger partial charge in [0.15, 0.2) is 4.87 Å². The lowest BCUT2D eigenvalue weighted by atomic mass is 10.0. The zero-order chi connectivity index (χ0) is 20.1. The van der Waals surface area contributed by atoms with Gasteiger partial charge < -0.3 is 9.80 Å². The van der Waals surface area contributed by atoms with Crippen molar-refractivity contribution in [3.05, 3.63) is 64.7 Å². The number of carbonyl (C=O) groups is 2. The summed E-state index contributed by atoms with van der Waals surface area (Å²) in [6, 6.07) is 14.4. The Morgan fingerprint density at radius 3 is 2.46 bits per heavy atom. The zero-order valence-electron chi connectivity index (χ0n) is 16.9.